The lowest BCUT2D eigenvalue weighted by Crippen LogP contribution is -2.15. The van der Waals surface area contributed by atoms with Gasteiger partial charge in [-0.15, -0.1) is 0 Å². The smallest absolute Gasteiger partial charge is 0.229 e. The summed E-state index contributed by atoms with van der Waals surface area (Å²) in [6.45, 7) is 0. The molecule has 0 saturated carbocycles. The number of nitrogens with one attached hydrogen (secondary N) is 1. The summed E-state index contributed by atoms with van der Waals surface area (Å²) in [6.07, 6.45) is 7.01. The molecule has 0 unspecified atom stereocenters. The third-order valence-corrected chi connectivity index (χ3v) is 3.76. The van der Waals surface area contributed by atoms with Gasteiger partial charge in [-0.25, -0.2) is 14.4 Å². The van der Waals surface area contributed by atoms with E-state index in [1.807, 2.05) is 0 Å². The van der Waals surface area contributed by atoms with Crippen molar-refractivity contribution in [3.8, 4) is 0 Å². The molecule has 0 bridgehead atoms. The molecular formula is C18H17FN4O2. The molecule has 0 aliphatic heterocycles. The van der Waals surface area contributed by atoms with Crippen LogP contribution in [0.4, 0.5) is 10.2 Å². The SMILES string of the molecule is COC1=C(c2cc(NC(=O)Cc3ccncc3)ncn2)C=C(F)CC1. The van der Waals surface area contributed by atoms with Crippen molar-refractivity contribution >= 4 is 17.3 Å². The number of carbonyl (C=O) groups is 1. The summed E-state index contributed by atoms with van der Waals surface area (Å²) in [5.41, 5.74) is 1.92. The van der Waals surface area contributed by atoms with Crippen molar-refractivity contribution in [1.29, 1.82) is 0 Å². The molecule has 0 saturated heterocycles. The molecule has 0 atom stereocenters. The fourth-order valence-electron chi connectivity index (χ4n) is 2.55. The zero-order valence-corrected chi connectivity index (χ0v) is 13.7. The van der Waals surface area contributed by atoms with Gasteiger partial charge in [0.15, 0.2) is 0 Å². The number of allylic oxidation sites excluding steroid dienone is 4. The Morgan fingerprint density at radius 2 is 2.08 bits per heavy atom. The van der Waals surface area contributed by atoms with Gasteiger partial charge in [0.2, 0.25) is 5.91 Å². The van der Waals surface area contributed by atoms with Gasteiger partial charge in [0.1, 0.15) is 23.7 Å². The van der Waals surface area contributed by atoms with Crippen LogP contribution in [-0.4, -0.2) is 28.0 Å². The number of carbonyl (C=O) groups excluding carboxylic acids is 1. The van der Waals surface area contributed by atoms with Crippen molar-refractivity contribution in [2.75, 3.05) is 12.4 Å². The Hall–Kier alpha value is -3.09. The van der Waals surface area contributed by atoms with Crippen molar-refractivity contribution in [2.45, 2.75) is 19.3 Å². The first-order valence-electron chi connectivity index (χ1n) is 7.80. The molecule has 3 rings (SSSR count). The van der Waals surface area contributed by atoms with Gasteiger partial charge in [-0.3, -0.25) is 9.78 Å². The van der Waals surface area contributed by atoms with Crippen LogP contribution in [0.3, 0.4) is 0 Å². The van der Waals surface area contributed by atoms with E-state index in [0.29, 0.717) is 35.7 Å². The number of halogens is 1. The first kappa shape index (κ1) is 16.8. The highest BCUT2D eigenvalue weighted by Gasteiger charge is 2.17. The molecule has 0 fully saturated rings. The van der Waals surface area contributed by atoms with Gasteiger partial charge in [-0.05, 0) is 23.8 Å². The van der Waals surface area contributed by atoms with Crippen LogP contribution in [0.15, 0.2) is 54.6 Å². The van der Waals surface area contributed by atoms with E-state index < -0.39 is 0 Å². The monoisotopic (exact) mass is 340 g/mol. The molecule has 1 aliphatic rings. The molecule has 6 nitrogen and oxygen atoms in total. The number of ether oxygens (including phenoxy) is 1. The lowest BCUT2D eigenvalue weighted by atomic mass is 10.0. The number of aromatic nitrogens is 3. The Morgan fingerprint density at radius 1 is 1.28 bits per heavy atom. The summed E-state index contributed by atoms with van der Waals surface area (Å²) in [4.78, 5) is 24.3. The highest BCUT2D eigenvalue weighted by atomic mass is 19.1. The van der Waals surface area contributed by atoms with Crippen LogP contribution in [0.2, 0.25) is 0 Å². The van der Waals surface area contributed by atoms with Gasteiger partial charge in [-0.2, -0.15) is 0 Å². The van der Waals surface area contributed by atoms with E-state index >= 15 is 0 Å². The first-order valence-corrected chi connectivity index (χ1v) is 7.80. The fourth-order valence-corrected chi connectivity index (χ4v) is 2.55. The summed E-state index contributed by atoms with van der Waals surface area (Å²) in [7, 11) is 1.55. The van der Waals surface area contributed by atoms with Crippen LogP contribution in [-0.2, 0) is 16.0 Å². The van der Waals surface area contributed by atoms with Crippen LogP contribution >= 0.6 is 0 Å². The van der Waals surface area contributed by atoms with Crippen molar-refractivity contribution < 1.29 is 13.9 Å². The van der Waals surface area contributed by atoms with Gasteiger partial charge >= 0.3 is 0 Å². The minimum Gasteiger partial charge on any atom is -0.500 e. The molecule has 0 aromatic carbocycles. The highest BCUT2D eigenvalue weighted by molar-refractivity contribution is 5.91. The van der Waals surface area contributed by atoms with Crippen LogP contribution in [0.1, 0.15) is 24.1 Å². The number of methoxy groups -OCH3 is 1. The maximum atomic E-state index is 13.6. The number of nitrogens with zero attached hydrogens (tertiary/aromatic N) is 3. The molecule has 1 aliphatic carbocycles. The summed E-state index contributed by atoms with van der Waals surface area (Å²) < 4.78 is 19.0. The molecule has 1 N–H and O–H groups in total. The molecule has 7 heteroatoms. The standard InChI is InChI=1S/C18H17FN4O2/c1-25-16-3-2-13(19)9-14(16)15-10-17(22-11-21-15)23-18(24)8-12-4-6-20-7-5-12/h4-7,9-11H,2-3,8H2,1H3,(H,21,22,23,24). The first-order chi connectivity index (χ1) is 12.2. The van der Waals surface area contributed by atoms with Crippen LogP contribution < -0.4 is 5.32 Å². The summed E-state index contributed by atoms with van der Waals surface area (Å²) in [5.74, 6) is 0.584. The van der Waals surface area contributed by atoms with Crippen LogP contribution in [0.5, 0.6) is 0 Å². The average Bonchev–Trinajstić information content (AvgIpc) is 2.62. The third-order valence-electron chi connectivity index (χ3n) is 3.76. The second-order valence-corrected chi connectivity index (χ2v) is 5.50. The number of hydrogen-bond donors (Lipinski definition) is 1. The van der Waals surface area contributed by atoms with Gasteiger partial charge in [0.25, 0.3) is 0 Å². The summed E-state index contributed by atoms with van der Waals surface area (Å²) >= 11 is 0. The second kappa shape index (κ2) is 7.65. The molecule has 2 aromatic rings. The fraction of sp³-hybridized carbons (Fsp3) is 0.222. The van der Waals surface area contributed by atoms with Crippen LogP contribution in [0, 0.1) is 0 Å². The van der Waals surface area contributed by atoms with E-state index in [0.717, 1.165) is 5.56 Å². The summed E-state index contributed by atoms with van der Waals surface area (Å²) in [5, 5.41) is 2.73. The van der Waals surface area contributed by atoms with Crippen molar-refractivity contribution in [3.05, 3.63) is 65.8 Å². The van der Waals surface area contributed by atoms with E-state index in [-0.39, 0.29) is 18.2 Å². The lowest BCUT2D eigenvalue weighted by Gasteiger charge is -2.16. The number of anilines is 1. The minimum atomic E-state index is -0.224. The number of rotatable bonds is 5. The van der Waals surface area contributed by atoms with Gasteiger partial charge in [0.05, 0.1) is 19.2 Å². The largest absolute Gasteiger partial charge is 0.500 e. The Labute approximate surface area is 144 Å². The number of hydrogen-bond acceptors (Lipinski definition) is 5. The number of amides is 1. The van der Waals surface area contributed by atoms with Gasteiger partial charge in [0, 0.05) is 36.9 Å². The predicted molar refractivity (Wildman–Crippen MR) is 91.0 cm³/mol. The average molecular weight is 340 g/mol. The highest BCUT2D eigenvalue weighted by Crippen LogP contribution is 2.31. The van der Waals surface area contributed by atoms with Crippen molar-refractivity contribution in [3.63, 3.8) is 0 Å². The van der Waals surface area contributed by atoms with E-state index in [9.17, 15) is 9.18 Å². The van der Waals surface area contributed by atoms with E-state index in [4.69, 9.17) is 4.74 Å². The quantitative estimate of drug-likeness (QED) is 0.905. The number of pyridine rings is 1. The third kappa shape index (κ3) is 4.26. The molecular weight excluding hydrogens is 323 g/mol. The van der Waals surface area contributed by atoms with Gasteiger partial charge in [-0.1, -0.05) is 0 Å². The molecule has 1 amide bonds. The minimum absolute atomic E-state index is 0.206. The maximum Gasteiger partial charge on any atom is 0.229 e. The van der Waals surface area contributed by atoms with E-state index in [1.165, 1.54) is 12.4 Å². The predicted octanol–water partition coefficient (Wildman–Crippen LogP) is 3.06. The molecule has 0 spiro atoms. The molecule has 2 aromatic heterocycles. The van der Waals surface area contributed by atoms with Gasteiger partial charge < -0.3 is 10.1 Å². The molecule has 0 radical (unpaired) electrons. The van der Waals surface area contributed by atoms with Crippen LogP contribution in [0.25, 0.3) is 5.57 Å². The normalized spacial score (nSPS) is 14.1. The Kier molecular flexibility index (Phi) is 5.13. The van der Waals surface area contributed by atoms with Crippen molar-refractivity contribution in [1.82, 2.24) is 15.0 Å². The molecule has 128 valence electrons. The molecule has 2 heterocycles. The Bertz CT molecular complexity index is 834. The second-order valence-electron chi connectivity index (χ2n) is 5.50. The maximum absolute atomic E-state index is 13.6. The topological polar surface area (TPSA) is 77.0 Å². The Balaban J connectivity index is 1.78. The zero-order valence-electron chi connectivity index (χ0n) is 13.7. The Morgan fingerprint density at radius 3 is 2.84 bits per heavy atom. The molecule has 25 heavy (non-hydrogen) atoms. The lowest BCUT2D eigenvalue weighted by molar-refractivity contribution is -0.115. The van der Waals surface area contributed by atoms with E-state index in [2.05, 4.69) is 20.3 Å². The summed E-state index contributed by atoms with van der Waals surface area (Å²) in [6, 6.07) is 5.15. The zero-order chi connectivity index (χ0) is 17.6. The van der Waals surface area contributed by atoms with E-state index in [1.54, 1.807) is 37.7 Å². The van der Waals surface area contributed by atoms with Crippen molar-refractivity contribution in [2.24, 2.45) is 0 Å².